The van der Waals surface area contributed by atoms with Crippen LogP contribution in [0.3, 0.4) is 0 Å². The molecule has 2 heterocycles. The van der Waals surface area contributed by atoms with Crippen molar-refractivity contribution >= 4 is 17.5 Å². The molecule has 1 aromatic rings. The van der Waals surface area contributed by atoms with Crippen LogP contribution in [0.25, 0.3) is 0 Å². The topological polar surface area (TPSA) is 105 Å². The zero-order valence-corrected chi connectivity index (χ0v) is 14.0. The number of amides is 2. The number of benzene rings is 1. The highest BCUT2D eigenvalue weighted by Gasteiger charge is 2.41. The molecule has 0 radical (unpaired) electrons. The molecule has 2 saturated heterocycles. The van der Waals surface area contributed by atoms with Gasteiger partial charge < -0.3 is 20.2 Å². The molecule has 0 aliphatic carbocycles. The molecule has 2 fully saturated rings. The summed E-state index contributed by atoms with van der Waals surface area (Å²) in [4.78, 5) is 28.7. The normalized spacial score (nSPS) is 27.0. The van der Waals surface area contributed by atoms with Crippen molar-refractivity contribution in [2.24, 2.45) is 5.92 Å². The van der Waals surface area contributed by atoms with Crippen LogP contribution in [0.15, 0.2) is 30.3 Å². The molecule has 0 aromatic heterocycles. The highest BCUT2D eigenvalue weighted by atomic mass is 16.5. The Morgan fingerprint density at radius 3 is 2.44 bits per heavy atom. The molecule has 8 heteroatoms. The number of aliphatic hydroxyl groups excluding tert-OH is 1. The summed E-state index contributed by atoms with van der Waals surface area (Å²) in [7, 11) is 0. The lowest BCUT2D eigenvalue weighted by Gasteiger charge is -2.40. The Bertz CT molecular complexity index is 604. The number of β-amino-alcohol motifs (C(OH)–C–C–N with tert-alkyl or cyclic N) is 1. The molecule has 8 nitrogen and oxygen atoms in total. The lowest BCUT2D eigenvalue weighted by atomic mass is 9.87. The largest absolute Gasteiger partial charge is 0.392 e. The summed E-state index contributed by atoms with van der Waals surface area (Å²) in [5, 5.41) is 21.6. The van der Waals surface area contributed by atoms with Crippen LogP contribution < -0.4 is 15.7 Å². The summed E-state index contributed by atoms with van der Waals surface area (Å²) in [6.07, 6.45) is -0.555. The van der Waals surface area contributed by atoms with Crippen molar-refractivity contribution in [3.05, 3.63) is 30.3 Å². The van der Waals surface area contributed by atoms with Gasteiger partial charge in [-0.1, -0.05) is 18.2 Å². The third-order valence-electron chi connectivity index (χ3n) is 4.93. The van der Waals surface area contributed by atoms with E-state index in [0.717, 1.165) is 18.8 Å². The molecule has 3 rings (SSSR count). The number of anilines is 1. The second-order valence-corrected chi connectivity index (χ2v) is 6.51. The van der Waals surface area contributed by atoms with E-state index in [1.807, 2.05) is 30.3 Å². The minimum atomic E-state index is -0.784. The summed E-state index contributed by atoms with van der Waals surface area (Å²) in [6.45, 7) is 2.85. The maximum Gasteiger partial charge on any atom is 0.248 e. The van der Waals surface area contributed by atoms with Gasteiger partial charge in [0.1, 0.15) is 0 Å². The fourth-order valence-corrected chi connectivity index (χ4v) is 3.54. The van der Waals surface area contributed by atoms with E-state index in [1.54, 1.807) is 10.4 Å². The number of hydrogen-bond acceptors (Lipinski definition) is 6. The van der Waals surface area contributed by atoms with Gasteiger partial charge in [0.15, 0.2) is 0 Å². The van der Waals surface area contributed by atoms with Crippen LogP contribution in [-0.4, -0.2) is 71.9 Å². The van der Waals surface area contributed by atoms with E-state index in [4.69, 9.17) is 5.21 Å². The van der Waals surface area contributed by atoms with Crippen molar-refractivity contribution in [1.29, 1.82) is 0 Å². The van der Waals surface area contributed by atoms with Crippen LogP contribution in [0.1, 0.15) is 6.42 Å². The number of carbonyl (C=O) groups excluding carboxylic acids is 2. The summed E-state index contributed by atoms with van der Waals surface area (Å²) in [6, 6.07) is 9.31. The number of nitrogens with zero attached hydrogens (tertiary/aromatic N) is 2. The van der Waals surface area contributed by atoms with E-state index in [-0.39, 0.29) is 18.9 Å². The van der Waals surface area contributed by atoms with Crippen molar-refractivity contribution in [2.45, 2.75) is 18.6 Å². The fourth-order valence-electron chi connectivity index (χ4n) is 3.54. The Kier molecular flexibility index (Phi) is 5.52. The lowest BCUT2D eigenvalue weighted by molar-refractivity contribution is -0.145. The van der Waals surface area contributed by atoms with E-state index in [2.05, 4.69) is 10.2 Å². The molecule has 0 saturated carbocycles. The first kappa shape index (κ1) is 17.7. The second-order valence-electron chi connectivity index (χ2n) is 6.51. The van der Waals surface area contributed by atoms with Crippen LogP contribution in [0, 0.1) is 5.92 Å². The maximum atomic E-state index is 12.8. The van der Waals surface area contributed by atoms with Gasteiger partial charge in [-0.15, -0.1) is 0 Å². The average Bonchev–Trinajstić information content (AvgIpc) is 2.67. The minimum absolute atomic E-state index is 0.153. The lowest BCUT2D eigenvalue weighted by Crippen LogP contribution is -2.61. The monoisotopic (exact) mass is 348 g/mol. The Balaban J connectivity index is 1.62. The molecule has 2 aliphatic rings. The summed E-state index contributed by atoms with van der Waals surface area (Å²) >= 11 is 0. The zero-order valence-electron chi connectivity index (χ0n) is 14.0. The molecular weight excluding hydrogens is 324 g/mol. The quantitative estimate of drug-likeness (QED) is 0.420. The Labute approximate surface area is 146 Å². The van der Waals surface area contributed by atoms with E-state index in [1.165, 1.54) is 0 Å². The van der Waals surface area contributed by atoms with Gasteiger partial charge >= 0.3 is 0 Å². The minimum Gasteiger partial charge on any atom is -0.392 e. The third kappa shape index (κ3) is 3.92. The molecule has 0 bridgehead atoms. The fraction of sp³-hybridized carbons (Fsp3) is 0.529. The van der Waals surface area contributed by atoms with E-state index < -0.39 is 24.0 Å². The highest BCUT2D eigenvalue weighted by molar-refractivity contribution is 5.90. The molecule has 4 N–H and O–H groups in total. The number of hydroxylamine groups is 1. The van der Waals surface area contributed by atoms with Crippen LogP contribution in [0.4, 0.5) is 5.69 Å². The number of aliphatic hydroxyl groups is 1. The molecule has 3 atom stereocenters. The van der Waals surface area contributed by atoms with Crippen LogP contribution in [0.2, 0.25) is 0 Å². The van der Waals surface area contributed by atoms with Crippen LogP contribution in [-0.2, 0) is 9.59 Å². The number of piperidine rings is 1. The van der Waals surface area contributed by atoms with Crippen LogP contribution >= 0.6 is 0 Å². The van der Waals surface area contributed by atoms with E-state index >= 15 is 0 Å². The van der Waals surface area contributed by atoms with Gasteiger partial charge in [-0.25, -0.2) is 5.48 Å². The zero-order chi connectivity index (χ0) is 17.8. The van der Waals surface area contributed by atoms with Gasteiger partial charge in [0.05, 0.1) is 18.1 Å². The number of piperazine rings is 1. The van der Waals surface area contributed by atoms with Gasteiger partial charge in [-0.05, 0) is 18.6 Å². The molecule has 25 heavy (non-hydrogen) atoms. The van der Waals surface area contributed by atoms with Crippen molar-refractivity contribution in [3.63, 3.8) is 0 Å². The van der Waals surface area contributed by atoms with Crippen molar-refractivity contribution in [2.75, 3.05) is 37.6 Å². The Morgan fingerprint density at radius 1 is 1.12 bits per heavy atom. The van der Waals surface area contributed by atoms with E-state index in [0.29, 0.717) is 13.1 Å². The molecule has 1 aromatic carbocycles. The summed E-state index contributed by atoms with van der Waals surface area (Å²) in [5.74, 6) is -1.59. The third-order valence-corrected chi connectivity index (χ3v) is 4.93. The summed E-state index contributed by atoms with van der Waals surface area (Å²) in [5.41, 5.74) is 2.73. The number of hydrogen-bond donors (Lipinski definition) is 4. The molecule has 2 aliphatic heterocycles. The van der Waals surface area contributed by atoms with Crippen molar-refractivity contribution in [3.8, 4) is 0 Å². The van der Waals surface area contributed by atoms with Crippen LogP contribution in [0.5, 0.6) is 0 Å². The molecule has 0 spiro atoms. The van der Waals surface area contributed by atoms with Crippen molar-refractivity contribution < 1.29 is 19.9 Å². The molecule has 2 unspecified atom stereocenters. The first-order valence-corrected chi connectivity index (χ1v) is 8.54. The van der Waals surface area contributed by atoms with E-state index in [9.17, 15) is 14.7 Å². The SMILES string of the molecule is O=C(NO)C1CC(O)CN[C@@H]1C(=O)N1CCN(c2ccccc2)CC1. The Morgan fingerprint density at radius 2 is 1.80 bits per heavy atom. The standard InChI is InChI=1S/C17H24N4O4/c22-13-10-14(16(23)19-25)15(18-11-13)17(24)21-8-6-20(7-9-21)12-4-2-1-3-5-12/h1-5,13-15,18,22,25H,6-11H2,(H,19,23)/t13?,14?,15-/m0/s1. The molecule has 2 amide bonds. The maximum absolute atomic E-state index is 12.8. The number of carbonyl (C=O) groups is 2. The van der Waals surface area contributed by atoms with Crippen molar-refractivity contribution in [1.82, 2.24) is 15.7 Å². The predicted molar refractivity (Wildman–Crippen MR) is 91.1 cm³/mol. The first-order chi connectivity index (χ1) is 12.1. The Hall–Kier alpha value is -2.16. The first-order valence-electron chi connectivity index (χ1n) is 8.54. The van der Waals surface area contributed by atoms with Gasteiger partial charge in [-0.3, -0.25) is 14.8 Å². The number of para-hydroxylation sites is 1. The average molecular weight is 348 g/mol. The van der Waals surface area contributed by atoms with Gasteiger partial charge in [0, 0.05) is 38.4 Å². The summed E-state index contributed by atoms with van der Waals surface area (Å²) < 4.78 is 0. The van der Waals surface area contributed by atoms with Gasteiger partial charge in [0.2, 0.25) is 11.8 Å². The highest BCUT2D eigenvalue weighted by Crippen LogP contribution is 2.21. The van der Waals surface area contributed by atoms with Gasteiger partial charge in [0.25, 0.3) is 0 Å². The molecule has 136 valence electrons. The predicted octanol–water partition coefficient (Wildman–Crippen LogP) is -0.820. The smallest absolute Gasteiger partial charge is 0.248 e. The number of nitrogens with one attached hydrogen (secondary N) is 2. The number of rotatable bonds is 3. The molecular formula is C17H24N4O4. The second kappa shape index (κ2) is 7.81. The van der Waals surface area contributed by atoms with Gasteiger partial charge in [-0.2, -0.15) is 0 Å².